The number of aromatic hydroxyl groups is 2. The van der Waals surface area contributed by atoms with E-state index in [2.05, 4.69) is 14.9 Å². The molecule has 7 nitrogen and oxygen atoms in total. The lowest BCUT2D eigenvalue weighted by molar-refractivity contribution is 0.238. The van der Waals surface area contributed by atoms with Crippen molar-refractivity contribution < 1.29 is 14.6 Å². The molecule has 128 valence electrons. The molecule has 0 bridgehead atoms. The van der Waals surface area contributed by atoms with Crippen LogP contribution in [0.5, 0.6) is 11.5 Å². The molecule has 0 radical (unpaired) electrons. The number of rotatable bonds is 3. The van der Waals surface area contributed by atoms with E-state index in [1.807, 2.05) is 0 Å². The van der Waals surface area contributed by atoms with E-state index in [-0.39, 0.29) is 17.1 Å². The van der Waals surface area contributed by atoms with E-state index in [0.717, 1.165) is 12.2 Å². The van der Waals surface area contributed by atoms with Gasteiger partial charge in [-0.3, -0.25) is 9.69 Å². The summed E-state index contributed by atoms with van der Waals surface area (Å²) in [5.41, 5.74) is 1.95. The van der Waals surface area contributed by atoms with Crippen molar-refractivity contribution in [3.8, 4) is 23.1 Å². The largest absolute Gasteiger partial charge is 0.508 e. The summed E-state index contributed by atoms with van der Waals surface area (Å²) in [5.74, 6) is 1.05. The zero-order valence-corrected chi connectivity index (χ0v) is 13.4. The maximum Gasteiger partial charge on any atom is 0.256 e. The van der Waals surface area contributed by atoms with Crippen LogP contribution in [0.15, 0.2) is 45.8 Å². The molecule has 1 aliphatic heterocycles. The van der Waals surface area contributed by atoms with Gasteiger partial charge in [0.1, 0.15) is 11.5 Å². The van der Waals surface area contributed by atoms with Crippen molar-refractivity contribution in [2.75, 3.05) is 6.54 Å². The van der Waals surface area contributed by atoms with Gasteiger partial charge >= 0.3 is 0 Å². The summed E-state index contributed by atoms with van der Waals surface area (Å²) in [6.45, 7) is 1.67. The Balaban J connectivity index is 1.58. The van der Waals surface area contributed by atoms with Gasteiger partial charge in [0.25, 0.3) is 5.56 Å². The highest BCUT2D eigenvalue weighted by Gasteiger charge is 2.22. The molecule has 0 atom stereocenters. The van der Waals surface area contributed by atoms with Crippen LogP contribution in [0.2, 0.25) is 0 Å². The smallest absolute Gasteiger partial charge is 0.256 e. The minimum atomic E-state index is -0.170. The number of aromatic amines is 1. The Labute approximate surface area is 143 Å². The molecule has 3 aromatic rings. The number of fused-ring (bicyclic) bond motifs is 1. The summed E-state index contributed by atoms with van der Waals surface area (Å²) in [5, 5.41) is 19.3. The van der Waals surface area contributed by atoms with Crippen LogP contribution in [0.4, 0.5) is 0 Å². The lowest BCUT2D eigenvalue weighted by atomic mass is 10.1. The number of furan rings is 1. The van der Waals surface area contributed by atoms with Crippen LogP contribution in [0.25, 0.3) is 11.6 Å². The zero-order chi connectivity index (χ0) is 17.4. The maximum atomic E-state index is 12.4. The highest BCUT2D eigenvalue weighted by molar-refractivity contribution is 5.47. The molecule has 1 aromatic carbocycles. The van der Waals surface area contributed by atoms with E-state index in [4.69, 9.17) is 4.42 Å². The Kier molecular flexibility index (Phi) is 3.77. The fraction of sp³-hybridized carbons (Fsp3) is 0.222. The SMILES string of the molecule is O=c1[nH]c(-c2ccco2)nc2c1CN(Cc1ccc(O)cc1O)CC2. The second kappa shape index (κ2) is 6.10. The number of hydrogen-bond acceptors (Lipinski definition) is 6. The first kappa shape index (κ1) is 15.5. The summed E-state index contributed by atoms with van der Waals surface area (Å²) in [4.78, 5) is 21.8. The number of phenolic OH excluding ortho intramolecular Hbond substituents is 2. The number of nitrogens with one attached hydrogen (secondary N) is 1. The number of benzene rings is 1. The Bertz CT molecular complexity index is 963. The Hall–Kier alpha value is -3.06. The van der Waals surface area contributed by atoms with E-state index < -0.39 is 0 Å². The molecule has 0 amide bonds. The summed E-state index contributed by atoms with van der Waals surface area (Å²) < 4.78 is 5.30. The average molecular weight is 339 g/mol. The van der Waals surface area contributed by atoms with Gasteiger partial charge in [-0.2, -0.15) is 0 Å². The first-order valence-corrected chi connectivity index (χ1v) is 7.99. The molecule has 0 aliphatic carbocycles. The third-order valence-electron chi connectivity index (χ3n) is 4.37. The summed E-state index contributed by atoms with van der Waals surface area (Å²) in [7, 11) is 0. The molecule has 25 heavy (non-hydrogen) atoms. The predicted molar refractivity (Wildman–Crippen MR) is 90.1 cm³/mol. The third kappa shape index (κ3) is 3.01. The van der Waals surface area contributed by atoms with Gasteiger partial charge in [-0.25, -0.2) is 4.98 Å². The summed E-state index contributed by atoms with van der Waals surface area (Å²) >= 11 is 0. The number of nitrogens with zero attached hydrogens (tertiary/aromatic N) is 2. The Morgan fingerprint density at radius 3 is 2.92 bits per heavy atom. The van der Waals surface area contributed by atoms with Gasteiger partial charge in [-0.05, 0) is 18.2 Å². The molecule has 4 rings (SSSR count). The van der Waals surface area contributed by atoms with Crippen molar-refractivity contribution in [1.29, 1.82) is 0 Å². The standard InChI is InChI=1S/C18H17N3O4/c22-12-4-3-11(15(23)8-12)9-21-6-5-14-13(10-21)18(24)20-17(19-14)16-2-1-7-25-16/h1-4,7-8,22-23H,5-6,9-10H2,(H,19,20,24). The molecule has 3 N–H and O–H groups in total. The maximum absolute atomic E-state index is 12.4. The van der Waals surface area contributed by atoms with Crippen LogP contribution in [0.1, 0.15) is 16.8 Å². The molecule has 0 unspecified atom stereocenters. The molecular formula is C18H17N3O4. The first-order valence-electron chi connectivity index (χ1n) is 7.99. The second-order valence-corrected chi connectivity index (χ2v) is 6.09. The average Bonchev–Trinajstić information content (AvgIpc) is 3.12. The van der Waals surface area contributed by atoms with Crippen LogP contribution in [-0.2, 0) is 19.5 Å². The van der Waals surface area contributed by atoms with E-state index in [1.165, 1.54) is 12.1 Å². The normalized spacial score (nSPS) is 14.4. The third-order valence-corrected chi connectivity index (χ3v) is 4.37. The topological polar surface area (TPSA) is 103 Å². The Morgan fingerprint density at radius 1 is 1.28 bits per heavy atom. The highest BCUT2D eigenvalue weighted by Crippen LogP contribution is 2.26. The van der Waals surface area contributed by atoms with Crippen LogP contribution < -0.4 is 5.56 Å². The summed E-state index contributed by atoms with van der Waals surface area (Å²) in [6.07, 6.45) is 2.19. The van der Waals surface area contributed by atoms with Crippen LogP contribution in [0.3, 0.4) is 0 Å². The van der Waals surface area contributed by atoms with Crippen molar-refractivity contribution in [2.24, 2.45) is 0 Å². The van der Waals surface area contributed by atoms with Gasteiger partial charge in [-0.1, -0.05) is 6.07 Å². The molecule has 0 fully saturated rings. The lowest BCUT2D eigenvalue weighted by Crippen LogP contribution is -2.35. The molecular weight excluding hydrogens is 322 g/mol. The van der Waals surface area contributed by atoms with Crippen LogP contribution >= 0.6 is 0 Å². The van der Waals surface area contributed by atoms with E-state index >= 15 is 0 Å². The van der Waals surface area contributed by atoms with Crippen molar-refractivity contribution in [3.63, 3.8) is 0 Å². The molecule has 0 saturated heterocycles. The minimum absolute atomic E-state index is 0.0244. The quantitative estimate of drug-likeness (QED) is 0.674. The van der Waals surface area contributed by atoms with Gasteiger partial charge in [0, 0.05) is 37.7 Å². The number of phenols is 2. The van der Waals surface area contributed by atoms with Gasteiger partial charge in [0.15, 0.2) is 11.6 Å². The van der Waals surface area contributed by atoms with Gasteiger partial charge in [0.2, 0.25) is 0 Å². The predicted octanol–water partition coefficient (Wildman–Crippen LogP) is 2.00. The first-order chi connectivity index (χ1) is 12.1. The van der Waals surface area contributed by atoms with Gasteiger partial charge in [0.05, 0.1) is 17.5 Å². The molecule has 0 spiro atoms. The van der Waals surface area contributed by atoms with Crippen molar-refractivity contribution in [2.45, 2.75) is 19.5 Å². The number of hydrogen-bond donors (Lipinski definition) is 3. The monoisotopic (exact) mass is 339 g/mol. The number of H-pyrrole nitrogens is 1. The van der Waals surface area contributed by atoms with E-state index in [0.29, 0.717) is 42.2 Å². The van der Waals surface area contributed by atoms with Crippen LogP contribution in [0, 0.1) is 0 Å². The molecule has 3 heterocycles. The van der Waals surface area contributed by atoms with Gasteiger partial charge in [-0.15, -0.1) is 0 Å². The minimum Gasteiger partial charge on any atom is -0.508 e. The molecule has 2 aromatic heterocycles. The van der Waals surface area contributed by atoms with Crippen molar-refractivity contribution >= 4 is 0 Å². The van der Waals surface area contributed by atoms with Gasteiger partial charge < -0.3 is 19.6 Å². The zero-order valence-electron chi connectivity index (χ0n) is 13.4. The molecule has 1 aliphatic rings. The summed E-state index contributed by atoms with van der Waals surface area (Å²) in [6, 6.07) is 8.05. The van der Waals surface area contributed by atoms with E-state index in [1.54, 1.807) is 24.5 Å². The highest BCUT2D eigenvalue weighted by atomic mass is 16.3. The molecule has 7 heteroatoms. The van der Waals surface area contributed by atoms with Crippen molar-refractivity contribution in [3.05, 3.63) is 63.8 Å². The lowest BCUT2D eigenvalue weighted by Gasteiger charge is -2.27. The fourth-order valence-electron chi connectivity index (χ4n) is 3.07. The second-order valence-electron chi connectivity index (χ2n) is 6.09. The van der Waals surface area contributed by atoms with E-state index in [9.17, 15) is 15.0 Å². The number of aromatic nitrogens is 2. The fourth-order valence-corrected chi connectivity index (χ4v) is 3.07. The Morgan fingerprint density at radius 2 is 2.16 bits per heavy atom. The van der Waals surface area contributed by atoms with Crippen molar-refractivity contribution in [1.82, 2.24) is 14.9 Å². The molecule has 0 saturated carbocycles. The van der Waals surface area contributed by atoms with Crippen LogP contribution in [-0.4, -0.2) is 31.6 Å².